The summed E-state index contributed by atoms with van der Waals surface area (Å²) in [5.41, 5.74) is 2.12. The number of aromatic nitrogens is 1. The quantitative estimate of drug-likeness (QED) is 0.681. The molecule has 4 rings (SSSR count). The molecule has 0 radical (unpaired) electrons. The molecule has 0 unspecified atom stereocenters. The van der Waals surface area contributed by atoms with Gasteiger partial charge in [-0.1, -0.05) is 29.8 Å². The number of hydrogen-bond donors (Lipinski definition) is 0. The van der Waals surface area contributed by atoms with Gasteiger partial charge < -0.3 is 9.80 Å². The van der Waals surface area contributed by atoms with E-state index in [0.717, 1.165) is 16.6 Å². The first-order valence-corrected chi connectivity index (χ1v) is 9.12. The molecule has 5 nitrogen and oxygen atoms in total. The van der Waals surface area contributed by atoms with Crippen molar-refractivity contribution in [2.75, 3.05) is 18.0 Å². The van der Waals surface area contributed by atoms with Crippen LogP contribution in [0.25, 0.3) is 10.9 Å². The smallest absolute Gasteiger partial charge is 0.256 e. The minimum atomic E-state index is -0.176. The molecule has 0 saturated carbocycles. The van der Waals surface area contributed by atoms with Crippen LogP contribution in [-0.2, 0) is 4.79 Å². The van der Waals surface area contributed by atoms with Crippen LogP contribution >= 0.6 is 11.6 Å². The Kier molecular flexibility index (Phi) is 4.54. The van der Waals surface area contributed by atoms with E-state index in [2.05, 4.69) is 4.98 Å². The van der Waals surface area contributed by atoms with Crippen molar-refractivity contribution in [1.29, 1.82) is 0 Å². The maximum absolute atomic E-state index is 13.0. The third-order valence-electron chi connectivity index (χ3n) is 4.82. The third-order valence-corrected chi connectivity index (χ3v) is 5.07. The molecule has 6 heteroatoms. The van der Waals surface area contributed by atoms with Gasteiger partial charge in [0.2, 0.25) is 5.91 Å². The third kappa shape index (κ3) is 3.38. The number of fused-ring (bicyclic) bond motifs is 1. The van der Waals surface area contributed by atoms with E-state index in [0.29, 0.717) is 17.1 Å². The lowest BCUT2D eigenvalue weighted by Gasteiger charge is -2.39. The Morgan fingerprint density at radius 1 is 1.15 bits per heavy atom. The molecule has 0 aliphatic carbocycles. The number of hydrogen-bond acceptors (Lipinski definition) is 3. The van der Waals surface area contributed by atoms with Gasteiger partial charge in [-0.25, -0.2) is 0 Å². The highest BCUT2D eigenvalue weighted by molar-refractivity contribution is 6.30. The highest BCUT2D eigenvalue weighted by Gasteiger charge is 2.33. The summed E-state index contributed by atoms with van der Waals surface area (Å²) in [6.07, 6.45) is 1.58. The van der Waals surface area contributed by atoms with E-state index in [-0.39, 0.29) is 24.4 Å². The lowest BCUT2D eigenvalue weighted by Crippen LogP contribution is -2.57. The summed E-state index contributed by atoms with van der Waals surface area (Å²) < 4.78 is 0. The lowest BCUT2D eigenvalue weighted by atomic mass is 10.1. The fourth-order valence-corrected chi connectivity index (χ4v) is 3.47. The Hall–Kier alpha value is -2.92. The molecule has 1 aliphatic rings. The number of carbonyl (C=O) groups is 2. The normalized spacial score (nSPS) is 17.4. The van der Waals surface area contributed by atoms with Crippen molar-refractivity contribution in [2.24, 2.45) is 0 Å². The van der Waals surface area contributed by atoms with Crippen LogP contribution < -0.4 is 4.90 Å². The topological polar surface area (TPSA) is 53.5 Å². The Labute approximate surface area is 162 Å². The van der Waals surface area contributed by atoms with Gasteiger partial charge in [0.15, 0.2) is 0 Å². The Morgan fingerprint density at radius 3 is 2.67 bits per heavy atom. The van der Waals surface area contributed by atoms with Crippen molar-refractivity contribution in [3.8, 4) is 0 Å². The summed E-state index contributed by atoms with van der Waals surface area (Å²) in [7, 11) is 0. The van der Waals surface area contributed by atoms with Crippen LogP contribution in [0.3, 0.4) is 0 Å². The molecule has 2 amide bonds. The molecule has 0 N–H and O–H groups in total. The number of nitrogens with zero attached hydrogens (tertiary/aromatic N) is 3. The Morgan fingerprint density at radius 2 is 1.89 bits per heavy atom. The zero-order valence-corrected chi connectivity index (χ0v) is 15.6. The minimum absolute atomic E-state index is 0.0372. The molecule has 1 fully saturated rings. The number of para-hydroxylation sites is 1. The molecule has 1 saturated heterocycles. The van der Waals surface area contributed by atoms with E-state index in [1.165, 1.54) is 0 Å². The molecular weight excluding hydrogens is 362 g/mol. The second-order valence-corrected chi connectivity index (χ2v) is 7.12. The predicted molar refractivity (Wildman–Crippen MR) is 106 cm³/mol. The molecular formula is C21H18ClN3O2. The summed E-state index contributed by atoms with van der Waals surface area (Å²) in [6, 6.07) is 16.5. The number of amides is 2. The van der Waals surface area contributed by atoms with E-state index in [1.807, 2.05) is 49.4 Å². The zero-order chi connectivity index (χ0) is 19.0. The lowest BCUT2D eigenvalue weighted by molar-refractivity contribution is -0.121. The highest BCUT2D eigenvalue weighted by atomic mass is 35.5. The van der Waals surface area contributed by atoms with Crippen molar-refractivity contribution < 1.29 is 9.59 Å². The van der Waals surface area contributed by atoms with Gasteiger partial charge in [-0.2, -0.15) is 0 Å². The number of benzene rings is 2. The minimum Gasteiger partial charge on any atom is -0.325 e. The first kappa shape index (κ1) is 17.5. The number of pyridine rings is 1. The molecule has 2 aromatic carbocycles. The SMILES string of the molecule is C[C@@H]1CN(c2ccc(Cl)cc2)C(=O)CN1C(=O)c1cnc2ccccc2c1. The van der Waals surface area contributed by atoms with Crippen molar-refractivity contribution in [1.82, 2.24) is 9.88 Å². The maximum atomic E-state index is 13.0. The average Bonchev–Trinajstić information content (AvgIpc) is 2.69. The van der Waals surface area contributed by atoms with Crippen LogP contribution in [0.5, 0.6) is 0 Å². The van der Waals surface area contributed by atoms with Crippen LogP contribution in [-0.4, -0.2) is 40.8 Å². The molecule has 3 aromatic rings. The van der Waals surface area contributed by atoms with Gasteiger partial charge in [-0.05, 0) is 43.3 Å². The van der Waals surface area contributed by atoms with Gasteiger partial charge >= 0.3 is 0 Å². The summed E-state index contributed by atoms with van der Waals surface area (Å²) in [6.45, 7) is 2.42. The molecule has 136 valence electrons. The first-order chi connectivity index (χ1) is 13.0. The van der Waals surface area contributed by atoms with Gasteiger partial charge in [0.25, 0.3) is 5.91 Å². The second-order valence-electron chi connectivity index (χ2n) is 6.68. The van der Waals surface area contributed by atoms with Crippen molar-refractivity contribution >= 4 is 40.0 Å². The monoisotopic (exact) mass is 379 g/mol. The van der Waals surface area contributed by atoms with Gasteiger partial charge in [-0.15, -0.1) is 0 Å². The van der Waals surface area contributed by atoms with Crippen molar-refractivity contribution in [3.05, 3.63) is 71.4 Å². The van der Waals surface area contributed by atoms with E-state index in [9.17, 15) is 9.59 Å². The van der Waals surface area contributed by atoms with Gasteiger partial charge in [0, 0.05) is 34.9 Å². The van der Waals surface area contributed by atoms with Crippen LogP contribution in [0.15, 0.2) is 60.8 Å². The highest BCUT2D eigenvalue weighted by Crippen LogP contribution is 2.23. The van der Waals surface area contributed by atoms with E-state index in [1.54, 1.807) is 28.1 Å². The van der Waals surface area contributed by atoms with Gasteiger partial charge in [-0.3, -0.25) is 14.6 Å². The number of piperazine rings is 1. The van der Waals surface area contributed by atoms with Crippen molar-refractivity contribution in [2.45, 2.75) is 13.0 Å². The first-order valence-electron chi connectivity index (χ1n) is 8.74. The number of halogens is 1. The Bertz CT molecular complexity index is 1020. The summed E-state index contributed by atoms with van der Waals surface area (Å²) in [5, 5.41) is 1.53. The number of carbonyl (C=O) groups excluding carboxylic acids is 2. The fraction of sp³-hybridized carbons (Fsp3) is 0.190. The van der Waals surface area contributed by atoms with Crippen molar-refractivity contribution in [3.63, 3.8) is 0 Å². The van der Waals surface area contributed by atoms with Crippen LogP contribution in [0.1, 0.15) is 17.3 Å². The van der Waals surface area contributed by atoms with Crippen LogP contribution in [0.4, 0.5) is 5.69 Å². The molecule has 0 bridgehead atoms. The molecule has 1 aromatic heterocycles. The van der Waals surface area contributed by atoms with E-state index in [4.69, 9.17) is 11.6 Å². The number of rotatable bonds is 2. The van der Waals surface area contributed by atoms with Crippen LogP contribution in [0, 0.1) is 0 Å². The molecule has 27 heavy (non-hydrogen) atoms. The molecule has 2 heterocycles. The Balaban J connectivity index is 1.56. The van der Waals surface area contributed by atoms with Gasteiger partial charge in [0.05, 0.1) is 11.1 Å². The standard InChI is InChI=1S/C21H18ClN3O2/c1-14-12-25(18-8-6-17(22)7-9-18)20(26)13-24(14)21(27)16-10-15-4-2-3-5-19(15)23-11-16/h2-11,14H,12-13H2,1H3/t14-/m1/s1. The fourth-order valence-electron chi connectivity index (χ4n) is 3.35. The van der Waals surface area contributed by atoms with Crippen LogP contribution in [0.2, 0.25) is 5.02 Å². The molecule has 1 atom stereocenters. The van der Waals surface area contributed by atoms with E-state index >= 15 is 0 Å². The summed E-state index contributed by atoms with van der Waals surface area (Å²) in [5.74, 6) is -0.289. The summed E-state index contributed by atoms with van der Waals surface area (Å²) >= 11 is 5.93. The van der Waals surface area contributed by atoms with Gasteiger partial charge in [0.1, 0.15) is 6.54 Å². The average molecular weight is 380 g/mol. The summed E-state index contributed by atoms with van der Waals surface area (Å²) in [4.78, 5) is 33.3. The predicted octanol–water partition coefficient (Wildman–Crippen LogP) is 3.77. The molecule has 0 spiro atoms. The zero-order valence-electron chi connectivity index (χ0n) is 14.8. The number of anilines is 1. The second kappa shape index (κ2) is 7.00. The largest absolute Gasteiger partial charge is 0.325 e. The molecule has 1 aliphatic heterocycles. The van der Waals surface area contributed by atoms with E-state index < -0.39 is 0 Å². The maximum Gasteiger partial charge on any atom is 0.256 e.